The van der Waals surface area contributed by atoms with E-state index < -0.39 is 5.97 Å². The summed E-state index contributed by atoms with van der Waals surface area (Å²) in [5.74, 6) is -0.900. The Balaban J connectivity index is 1.82. The van der Waals surface area contributed by atoms with Crippen molar-refractivity contribution in [2.75, 3.05) is 5.32 Å². The van der Waals surface area contributed by atoms with E-state index in [0.29, 0.717) is 22.1 Å². The Kier molecular flexibility index (Phi) is 3.86. The molecule has 0 aliphatic carbocycles. The number of rotatable bonds is 4. The van der Waals surface area contributed by atoms with Gasteiger partial charge in [-0.25, -0.2) is 9.78 Å². The van der Waals surface area contributed by atoms with Crippen LogP contribution in [0.5, 0.6) is 11.5 Å². The lowest BCUT2D eigenvalue weighted by molar-refractivity contribution is 0.0697. The molecule has 0 spiro atoms. The topological polar surface area (TPSA) is 103 Å². The Morgan fingerprint density at radius 3 is 2.52 bits per heavy atom. The van der Waals surface area contributed by atoms with E-state index in [2.05, 4.69) is 10.3 Å². The highest BCUT2D eigenvalue weighted by Gasteiger charge is 2.10. The number of thiazole rings is 1. The quantitative estimate of drug-likeness (QED) is 0.545. The van der Waals surface area contributed by atoms with Gasteiger partial charge in [-0.1, -0.05) is 0 Å². The molecule has 0 bridgehead atoms. The Morgan fingerprint density at radius 2 is 1.83 bits per heavy atom. The van der Waals surface area contributed by atoms with Crippen LogP contribution in [0.25, 0.3) is 11.3 Å². The van der Waals surface area contributed by atoms with Gasteiger partial charge < -0.3 is 20.6 Å². The Hall–Kier alpha value is -3.06. The number of phenolic OH excluding ortho intramolecular Hbond substituents is 2. The first kappa shape index (κ1) is 14.9. The number of phenols is 2. The van der Waals surface area contributed by atoms with Crippen LogP contribution in [-0.2, 0) is 0 Å². The summed E-state index contributed by atoms with van der Waals surface area (Å²) >= 11 is 1.33. The Morgan fingerprint density at radius 1 is 1.09 bits per heavy atom. The number of aromatic nitrogens is 1. The molecule has 0 fully saturated rings. The van der Waals surface area contributed by atoms with E-state index in [9.17, 15) is 15.0 Å². The van der Waals surface area contributed by atoms with E-state index in [-0.39, 0.29) is 17.1 Å². The summed E-state index contributed by atoms with van der Waals surface area (Å²) in [4.78, 5) is 15.2. The number of aromatic hydroxyl groups is 2. The molecule has 0 aliphatic rings. The standard InChI is InChI=1S/C16H12N2O4S/c19-11-5-6-14(20)12(7-11)13-8-23-16(18-13)17-10-3-1-9(2-4-10)15(21)22/h1-8,19-20H,(H,17,18)(H,21,22). The molecule has 7 heteroatoms. The van der Waals surface area contributed by atoms with Gasteiger partial charge in [0.15, 0.2) is 5.13 Å². The largest absolute Gasteiger partial charge is 0.508 e. The monoisotopic (exact) mass is 328 g/mol. The number of nitrogens with one attached hydrogen (secondary N) is 1. The van der Waals surface area contributed by atoms with Crippen LogP contribution in [0, 0.1) is 0 Å². The molecule has 0 saturated carbocycles. The van der Waals surface area contributed by atoms with E-state index in [4.69, 9.17) is 5.11 Å². The minimum absolute atomic E-state index is 0.0328. The van der Waals surface area contributed by atoms with Crippen molar-refractivity contribution in [3.63, 3.8) is 0 Å². The lowest BCUT2D eigenvalue weighted by Crippen LogP contribution is -1.96. The maximum absolute atomic E-state index is 10.8. The summed E-state index contributed by atoms with van der Waals surface area (Å²) in [5, 5.41) is 33.6. The molecule has 1 aromatic heterocycles. The zero-order valence-electron chi connectivity index (χ0n) is 11.7. The number of anilines is 2. The summed E-state index contributed by atoms with van der Waals surface area (Å²) in [6.07, 6.45) is 0. The molecular formula is C16H12N2O4S. The van der Waals surface area contributed by atoms with Gasteiger partial charge >= 0.3 is 5.97 Å². The second kappa shape index (κ2) is 5.98. The predicted molar refractivity (Wildman–Crippen MR) is 87.6 cm³/mol. The van der Waals surface area contributed by atoms with Crippen LogP contribution in [0.4, 0.5) is 10.8 Å². The van der Waals surface area contributed by atoms with Gasteiger partial charge in [-0.15, -0.1) is 11.3 Å². The highest BCUT2D eigenvalue weighted by atomic mass is 32.1. The van der Waals surface area contributed by atoms with E-state index in [1.54, 1.807) is 17.5 Å². The summed E-state index contributed by atoms with van der Waals surface area (Å²) in [6, 6.07) is 10.5. The van der Waals surface area contributed by atoms with Crippen LogP contribution >= 0.6 is 11.3 Å². The number of hydrogen-bond donors (Lipinski definition) is 4. The Bertz CT molecular complexity index is 859. The van der Waals surface area contributed by atoms with Crippen molar-refractivity contribution < 1.29 is 20.1 Å². The van der Waals surface area contributed by atoms with E-state index in [1.165, 1.54) is 41.7 Å². The van der Waals surface area contributed by atoms with E-state index in [0.717, 1.165) is 0 Å². The number of aromatic carboxylic acids is 1. The van der Waals surface area contributed by atoms with Crippen molar-refractivity contribution in [1.82, 2.24) is 4.98 Å². The van der Waals surface area contributed by atoms with Gasteiger partial charge in [0, 0.05) is 16.6 Å². The van der Waals surface area contributed by atoms with Gasteiger partial charge in [0.1, 0.15) is 11.5 Å². The number of carboxylic acid groups (broad SMARTS) is 1. The summed E-state index contributed by atoms with van der Waals surface area (Å²) in [7, 11) is 0. The van der Waals surface area contributed by atoms with Crippen molar-refractivity contribution in [1.29, 1.82) is 0 Å². The van der Waals surface area contributed by atoms with Crippen LogP contribution in [0.3, 0.4) is 0 Å². The van der Waals surface area contributed by atoms with Crippen LogP contribution in [-0.4, -0.2) is 26.3 Å². The molecule has 2 aromatic carbocycles. The van der Waals surface area contributed by atoms with Gasteiger partial charge in [0.05, 0.1) is 11.3 Å². The van der Waals surface area contributed by atoms with Crippen LogP contribution < -0.4 is 5.32 Å². The first-order chi connectivity index (χ1) is 11.0. The molecule has 6 nitrogen and oxygen atoms in total. The first-order valence-corrected chi connectivity index (χ1v) is 7.49. The van der Waals surface area contributed by atoms with Crippen molar-refractivity contribution >= 4 is 28.1 Å². The molecule has 0 radical (unpaired) electrons. The maximum atomic E-state index is 10.8. The van der Waals surface area contributed by atoms with Crippen LogP contribution in [0.2, 0.25) is 0 Å². The van der Waals surface area contributed by atoms with Gasteiger partial charge in [0.25, 0.3) is 0 Å². The molecule has 0 amide bonds. The molecule has 23 heavy (non-hydrogen) atoms. The summed E-state index contributed by atoms with van der Waals surface area (Å²) in [5.41, 5.74) is 1.89. The normalized spacial score (nSPS) is 10.4. The van der Waals surface area contributed by atoms with Gasteiger partial charge in [0.2, 0.25) is 0 Å². The SMILES string of the molecule is O=C(O)c1ccc(Nc2nc(-c3cc(O)ccc3O)cs2)cc1. The van der Waals surface area contributed by atoms with Gasteiger partial charge in [-0.05, 0) is 42.5 Å². The number of benzene rings is 2. The van der Waals surface area contributed by atoms with Crippen molar-refractivity contribution in [3.8, 4) is 22.8 Å². The molecule has 0 saturated heterocycles. The van der Waals surface area contributed by atoms with Crippen molar-refractivity contribution in [2.45, 2.75) is 0 Å². The molecule has 3 rings (SSSR count). The molecule has 1 heterocycles. The lowest BCUT2D eigenvalue weighted by Gasteiger charge is -2.03. The third-order valence-corrected chi connectivity index (χ3v) is 3.90. The van der Waals surface area contributed by atoms with Gasteiger partial charge in [-0.2, -0.15) is 0 Å². The second-order valence-corrected chi connectivity index (χ2v) is 5.60. The maximum Gasteiger partial charge on any atom is 0.335 e. The fourth-order valence-electron chi connectivity index (χ4n) is 2.00. The van der Waals surface area contributed by atoms with E-state index in [1.807, 2.05) is 0 Å². The fourth-order valence-corrected chi connectivity index (χ4v) is 2.73. The smallest absolute Gasteiger partial charge is 0.335 e. The fraction of sp³-hybridized carbons (Fsp3) is 0. The third kappa shape index (κ3) is 3.24. The van der Waals surface area contributed by atoms with E-state index >= 15 is 0 Å². The summed E-state index contributed by atoms with van der Waals surface area (Å²) in [6.45, 7) is 0. The molecule has 0 unspecified atom stereocenters. The third-order valence-electron chi connectivity index (χ3n) is 3.14. The average molecular weight is 328 g/mol. The number of carboxylic acids is 1. The minimum atomic E-state index is -0.979. The molecule has 0 atom stereocenters. The molecule has 116 valence electrons. The number of nitrogens with zero attached hydrogens (tertiary/aromatic N) is 1. The predicted octanol–water partition coefficient (Wildman–Crippen LogP) is 3.66. The zero-order valence-corrected chi connectivity index (χ0v) is 12.5. The lowest BCUT2D eigenvalue weighted by atomic mass is 10.1. The second-order valence-electron chi connectivity index (χ2n) is 4.75. The van der Waals surface area contributed by atoms with Crippen LogP contribution in [0.15, 0.2) is 47.8 Å². The summed E-state index contributed by atoms with van der Waals surface area (Å²) < 4.78 is 0. The van der Waals surface area contributed by atoms with Crippen molar-refractivity contribution in [2.24, 2.45) is 0 Å². The van der Waals surface area contributed by atoms with Crippen LogP contribution in [0.1, 0.15) is 10.4 Å². The van der Waals surface area contributed by atoms with Crippen molar-refractivity contribution in [3.05, 3.63) is 53.4 Å². The number of hydrogen-bond acceptors (Lipinski definition) is 6. The highest BCUT2D eigenvalue weighted by molar-refractivity contribution is 7.14. The molecule has 3 aromatic rings. The first-order valence-electron chi connectivity index (χ1n) is 6.61. The Labute approximate surface area is 135 Å². The molecular weight excluding hydrogens is 316 g/mol. The highest BCUT2D eigenvalue weighted by Crippen LogP contribution is 2.34. The zero-order chi connectivity index (χ0) is 16.4. The average Bonchev–Trinajstić information content (AvgIpc) is 2.98. The molecule has 4 N–H and O–H groups in total. The number of carbonyl (C=O) groups is 1. The molecule has 0 aliphatic heterocycles. The van der Waals surface area contributed by atoms with Gasteiger partial charge in [-0.3, -0.25) is 0 Å². The minimum Gasteiger partial charge on any atom is -0.508 e.